The van der Waals surface area contributed by atoms with Crippen LogP contribution in [-0.4, -0.2) is 17.9 Å². The van der Waals surface area contributed by atoms with Crippen LogP contribution in [-0.2, 0) is 4.79 Å². The van der Waals surface area contributed by atoms with E-state index in [1.807, 2.05) is 7.05 Å². The van der Waals surface area contributed by atoms with Crippen LogP contribution in [0.2, 0.25) is 0 Å². The van der Waals surface area contributed by atoms with E-state index in [0.717, 1.165) is 5.70 Å². The summed E-state index contributed by atoms with van der Waals surface area (Å²) in [6.45, 7) is 4.02. The van der Waals surface area contributed by atoms with E-state index < -0.39 is 0 Å². The van der Waals surface area contributed by atoms with Gasteiger partial charge in [-0.15, -0.1) is 0 Å². The van der Waals surface area contributed by atoms with Gasteiger partial charge in [0.15, 0.2) is 0 Å². The van der Waals surface area contributed by atoms with Crippen LogP contribution in [0.3, 0.4) is 0 Å². The van der Waals surface area contributed by atoms with Crippen LogP contribution < -0.4 is 0 Å². The molecule has 2 aliphatic carbocycles. The molecule has 13 heavy (non-hydrogen) atoms. The quantitative estimate of drug-likeness (QED) is 0.510. The van der Waals surface area contributed by atoms with Crippen molar-refractivity contribution in [3.8, 4) is 0 Å². The summed E-state index contributed by atoms with van der Waals surface area (Å²) in [5, 5.41) is 0. The van der Waals surface area contributed by atoms with Crippen molar-refractivity contribution in [1.82, 2.24) is 4.90 Å². The minimum absolute atomic E-state index is 0.229. The Morgan fingerprint density at radius 2 is 2.00 bits per heavy atom. The highest BCUT2D eigenvalue weighted by Gasteiger charge is 2.55. The van der Waals surface area contributed by atoms with E-state index in [1.165, 1.54) is 6.42 Å². The number of hydrogen-bond acceptors (Lipinski definition) is 1. The molecule has 0 aromatic carbocycles. The van der Waals surface area contributed by atoms with Gasteiger partial charge in [0, 0.05) is 18.7 Å². The van der Waals surface area contributed by atoms with E-state index in [-0.39, 0.29) is 11.8 Å². The number of carbonyl (C=O) groups is 1. The van der Waals surface area contributed by atoms with Gasteiger partial charge in [-0.2, -0.15) is 0 Å². The first-order valence-electron chi connectivity index (χ1n) is 4.85. The Kier molecular flexibility index (Phi) is 1.17. The van der Waals surface area contributed by atoms with Crippen LogP contribution in [0.4, 0.5) is 0 Å². The third-order valence-electron chi connectivity index (χ3n) is 3.89. The summed E-state index contributed by atoms with van der Waals surface area (Å²) in [6.07, 6.45) is 5.66. The van der Waals surface area contributed by atoms with Gasteiger partial charge in [-0.1, -0.05) is 18.7 Å². The molecule has 3 rings (SSSR count). The van der Waals surface area contributed by atoms with E-state index in [9.17, 15) is 4.79 Å². The molecule has 0 N–H and O–H groups in total. The number of fused-ring (bicyclic) bond motifs is 5. The smallest absolute Gasteiger partial charge is 0.230 e. The first-order chi connectivity index (χ1) is 6.20. The van der Waals surface area contributed by atoms with Crippen molar-refractivity contribution in [2.24, 2.45) is 23.7 Å². The molecule has 68 valence electrons. The highest BCUT2D eigenvalue weighted by Crippen LogP contribution is 2.55. The van der Waals surface area contributed by atoms with Gasteiger partial charge in [0.2, 0.25) is 5.91 Å². The molecular weight excluding hydrogens is 162 g/mol. The molecule has 2 nitrogen and oxygen atoms in total. The molecule has 2 heteroatoms. The number of amides is 1. The highest BCUT2D eigenvalue weighted by atomic mass is 16.2. The molecule has 4 atom stereocenters. The van der Waals surface area contributed by atoms with E-state index in [1.54, 1.807) is 4.90 Å². The summed E-state index contributed by atoms with van der Waals surface area (Å²) in [4.78, 5) is 13.6. The van der Waals surface area contributed by atoms with Crippen LogP contribution in [0, 0.1) is 23.7 Å². The van der Waals surface area contributed by atoms with Gasteiger partial charge >= 0.3 is 0 Å². The summed E-state index contributed by atoms with van der Waals surface area (Å²) in [5.74, 6) is 2.03. The molecule has 0 radical (unpaired) electrons. The lowest BCUT2D eigenvalue weighted by atomic mass is 9.84. The Morgan fingerprint density at radius 1 is 1.38 bits per heavy atom. The van der Waals surface area contributed by atoms with Gasteiger partial charge in [-0.05, 0) is 18.3 Å². The molecule has 1 saturated carbocycles. The number of likely N-dealkylation sites (tertiary alicyclic amines) is 1. The maximum absolute atomic E-state index is 11.8. The Bertz CT molecular complexity index is 301. The van der Waals surface area contributed by atoms with E-state index >= 15 is 0 Å². The third kappa shape index (κ3) is 0.679. The predicted octanol–water partition coefficient (Wildman–Crippen LogP) is 1.41. The van der Waals surface area contributed by atoms with Crippen LogP contribution in [0.15, 0.2) is 24.4 Å². The average molecular weight is 175 g/mol. The summed E-state index contributed by atoms with van der Waals surface area (Å²) in [5.41, 5.74) is 1.03. The molecule has 3 aliphatic rings. The zero-order valence-electron chi connectivity index (χ0n) is 7.73. The maximum atomic E-state index is 11.8. The lowest BCUT2D eigenvalue weighted by Gasteiger charge is -2.17. The SMILES string of the molecule is C=C1[C@H]2[C@@H](C(=O)N1C)[C@H]1C=C[C@@H]2C1. The lowest BCUT2D eigenvalue weighted by molar-refractivity contribution is -0.130. The first-order valence-corrected chi connectivity index (χ1v) is 4.85. The van der Waals surface area contributed by atoms with E-state index in [0.29, 0.717) is 17.8 Å². The zero-order chi connectivity index (χ0) is 9.16. The largest absolute Gasteiger partial charge is 0.319 e. The van der Waals surface area contributed by atoms with Crippen molar-refractivity contribution in [2.45, 2.75) is 6.42 Å². The molecule has 1 aliphatic heterocycles. The van der Waals surface area contributed by atoms with Gasteiger partial charge < -0.3 is 4.90 Å². The first kappa shape index (κ1) is 7.36. The summed E-state index contributed by atoms with van der Waals surface area (Å²) >= 11 is 0. The number of allylic oxidation sites excluding steroid dienone is 3. The molecule has 2 bridgehead atoms. The highest BCUT2D eigenvalue weighted by molar-refractivity contribution is 5.85. The minimum Gasteiger partial charge on any atom is -0.319 e. The Balaban J connectivity index is 2.08. The van der Waals surface area contributed by atoms with E-state index in [2.05, 4.69) is 18.7 Å². The van der Waals surface area contributed by atoms with E-state index in [4.69, 9.17) is 0 Å². The average Bonchev–Trinajstić information content (AvgIpc) is 2.76. The van der Waals surface area contributed by atoms with Crippen molar-refractivity contribution < 1.29 is 4.79 Å². The zero-order valence-corrected chi connectivity index (χ0v) is 7.73. The van der Waals surface area contributed by atoms with Crippen molar-refractivity contribution in [3.63, 3.8) is 0 Å². The fourth-order valence-electron chi connectivity index (χ4n) is 3.20. The van der Waals surface area contributed by atoms with Crippen molar-refractivity contribution >= 4 is 5.91 Å². The number of hydrogen-bond donors (Lipinski definition) is 0. The second-order valence-corrected chi connectivity index (χ2v) is 4.39. The summed E-state index contributed by atoms with van der Waals surface area (Å²) in [7, 11) is 1.85. The number of rotatable bonds is 0. The van der Waals surface area contributed by atoms with Crippen molar-refractivity contribution in [1.29, 1.82) is 0 Å². The lowest BCUT2D eigenvalue weighted by Crippen LogP contribution is -2.24. The van der Waals surface area contributed by atoms with Gasteiger partial charge in [-0.3, -0.25) is 4.79 Å². The Morgan fingerprint density at radius 3 is 2.62 bits per heavy atom. The van der Waals surface area contributed by atoms with Gasteiger partial charge in [0.25, 0.3) is 0 Å². The van der Waals surface area contributed by atoms with Gasteiger partial charge in [0.1, 0.15) is 0 Å². The molecule has 0 unspecified atom stereocenters. The standard InChI is InChI=1S/C11H13NO/c1-6-9-7-3-4-8(5-7)10(9)11(13)12(6)2/h3-4,7-10H,1,5H2,2H3/t7-,8+,9-,10+/m1/s1. The third-order valence-corrected chi connectivity index (χ3v) is 3.89. The van der Waals surface area contributed by atoms with Crippen LogP contribution in [0.5, 0.6) is 0 Å². The molecule has 0 aromatic rings. The number of nitrogens with zero attached hydrogens (tertiary/aromatic N) is 1. The predicted molar refractivity (Wildman–Crippen MR) is 49.6 cm³/mol. The minimum atomic E-state index is 0.229. The normalized spacial score (nSPS) is 46.4. The number of carbonyl (C=O) groups excluding carboxylic acids is 1. The molecule has 1 heterocycles. The van der Waals surface area contributed by atoms with Gasteiger partial charge in [-0.25, -0.2) is 0 Å². The molecule has 0 aromatic heterocycles. The summed E-state index contributed by atoms with van der Waals surface area (Å²) in [6, 6.07) is 0. The second kappa shape index (κ2) is 2.06. The summed E-state index contributed by atoms with van der Waals surface area (Å²) < 4.78 is 0. The second-order valence-electron chi connectivity index (χ2n) is 4.39. The van der Waals surface area contributed by atoms with Crippen LogP contribution in [0.25, 0.3) is 0 Å². The molecule has 1 saturated heterocycles. The monoisotopic (exact) mass is 175 g/mol. The van der Waals surface area contributed by atoms with Gasteiger partial charge in [0.05, 0.1) is 5.92 Å². The van der Waals surface area contributed by atoms with Crippen molar-refractivity contribution in [2.75, 3.05) is 7.05 Å². The fraction of sp³-hybridized carbons (Fsp3) is 0.545. The van der Waals surface area contributed by atoms with Crippen molar-refractivity contribution in [3.05, 3.63) is 24.4 Å². The Hall–Kier alpha value is -1.05. The maximum Gasteiger partial charge on any atom is 0.230 e. The Labute approximate surface area is 77.9 Å². The topological polar surface area (TPSA) is 20.3 Å². The molecule has 2 fully saturated rings. The fourth-order valence-corrected chi connectivity index (χ4v) is 3.20. The van der Waals surface area contributed by atoms with Crippen LogP contribution in [0.1, 0.15) is 6.42 Å². The molecule has 1 amide bonds. The molecule has 0 spiro atoms. The van der Waals surface area contributed by atoms with Crippen LogP contribution >= 0.6 is 0 Å². The molecular formula is C11H13NO.